The molecule has 0 aromatic carbocycles. The Morgan fingerprint density at radius 1 is 0.291 bits per heavy atom. The van der Waals surface area contributed by atoms with Crippen LogP contribution in [0.25, 0.3) is 0 Å². The molecule has 0 saturated carbocycles. The van der Waals surface area contributed by atoms with E-state index < -0.39 is 12.1 Å². The highest BCUT2D eigenvalue weighted by Gasteiger charge is 2.18. The first-order valence-electron chi connectivity index (χ1n) is 36.7. The molecule has 0 radical (unpaired) electrons. The van der Waals surface area contributed by atoms with Crippen LogP contribution in [0.5, 0.6) is 0 Å². The van der Waals surface area contributed by atoms with Crippen molar-refractivity contribution in [2.45, 2.75) is 431 Å². The smallest absolute Gasteiger partial charge is 0.220 e. The number of amides is 1. The van der Waals surface area contributed by atoms with E-state index in [9.17, 15) is 15.0 Å². The van der Waals surface area contributed by atoms with Crippen molar-refractivity contribution in [1.29, 1.82) is 0 Å². The monoisotopic (exact) mass is 1110 g/mol. The summed E-state index contributed by atoms with van der Waals surface area (Å²) in [6.07, 6.45) is 98.4. The van der Waals surface area contributed by atoms with Crippen molar-refractivity contribution in [3.63, 3.8) is 0 Å². The Hall–Kier alpha value is -1.39. The number of allylic oxidation sites excluding steroid dienone is 5. The summed E-state index contributed by atoms with van der Waals surface area (Å²) >= 11 is 0. The van der Waals surface area contributed by atoms with E-state index in [4.69, 9.17) is 0 Å². The van der Waals surface area contributed by atoms with Gasteiger partial charge in [0.05, 0.1) is 18.8 Å². The molecule has 79 heavy (non-hydrogen) atoms. The molecule has 0 rings (SSSR count). The number of unbranched alkanes of at least 4 members (excludes halogenated alkanes) is 58. The van der Waals surface area contributed by atoms with Crippen LogP contribution in [-0.4, -0.2) is 34.9 Å². The second kappa shape index (κ2) is 70.9. The predicted molar refractivity (Wildman–Crippen MR) is 355 cm³/mol. The zero-order valence-corrected chi connectivity index (χ0v) is 54.2. The minimum absolute atomic E-state index is 0.0690. The van der Waals surface area contributed by atoms with Gasteiger partial charge in [0, 0.05) is 6.42 Å². The van der Waals surface area contributed by atoms with Crippen molar-refractivity contribution in [1.82, 2.24) is 5.32 Å². The van der Waals surface area contributed by atoms with Gasteiger partial charge in [0.25, 0.3) is 0 Å². The van der Waals surface area contributed by atoms with Crippen molar-refractivity contribution in [3.05, 3.63) is 36.5 Å². The molecule has 3 N–H and O–H groups in total. The molecule has 0 fully saturated rings. The third kappa shape index (κ3) is 67.3. The molecule has 0 aromatic rings. The summed E-state index contributed by atoms with van der Waals surface area (Å²) in [5, 5.41) is 23.3. The molecule has 0 aromatic heterocycles. The summed E-state index contributed by atoms with van der Waals surface area (Å²) in [6.45, 7) is 4.35. The van der Waals surface area contributed by atoms with Gasteiger partial charge in [-0.2, -0.15) is 0 Å². The number of rotatable bonds is 69. The van der Waals surface area contributed by atoms with E-state index in [1.165, 1.54) is 360 Å². The SMILES string of the molecule is CCCCCCCCCCCCCCCCCCCCC/C=C/CC/C=C/CC/C=C/C(O)C(CO)NC(=O)CCCCCCCCCCCCCCCCCCCCCCCCCCCCCCCCCCCCCCCC. The standard InChI is InChI=1S/C75H145NO3/c1-3-5-7-9-11-13-15-17-19-21-23-25-27-29-31-33-34-35-36-37-38-39-40-41-43-45-47-49-51-53-55-57-59-61-63-65-67-69-71-75(79)76-73(72-77)74(78)70-68-66-64-62-60-58-56-54-52-50-48-46-44-42-32-30-28-26-24-22-20-18-16-14-12-10-8-6-4-2/h52,54,60,62,68,70,73-74,77-78H,3-51,53,55-59,61,63-67,69,71-72H2,1-2H3,(H,76,79)/b54-52+,62-60+,70-68+. The number of hydrogen-bond acceptors (Lipinski definition) is 3. The summed E-state index contributed by atoms with van der Waals surface area (Å²) in [6, 6.07) is -0.646. The summed E-state index contributed by atoms with van der Waals surface area (Å²) in [5.41, 5.74) is 0. The zero-order valence-electron chi connectivity index (χ0n) is 54.2. The van der Waals surface area contributed by atoms with Crippen LogP contribution < -0.4 is 5.32 Å². The Morgan fingerprint density at radius 3 is 0.734 bits per heavy atom. The lowest BCUT2D eigenvalue weighted by Crippen LogP contribution is -2.45. The van der Waals surface area contributed by atoms with Gasteiger partial charge in [-0.1, -0.05) is 403 Å². The molecule has 468 valence electrons. The lowest BCUT2D eigenvalue weighted by atomic mass is 10.0. The van der Waals surface area contributed by atoms with Crippen molar-refractivity contribution in [2.24, 2.45) is 0 Å². The van der Waals surface area contributed by atoms with Gasteiger partial charge in [0.1, 0.15) is 0 Å². The van der Waals surface area contributed by atoms with Gasteiger partial charge in [-0.05, 0) is 44.9 Å². The van der Waals surface area contributed by atoms with Crippen LogP contribution >= 0.6 is 0 Å². The third-order valence-electron chi connectivity index (χ3n) is 17.4. The van der Waals surface area contributed by atoms with Crippen LogP contribution in [0, 0.1) is 0 Å². The van der Waals surface area contributed by atoms with Crippen LogP contribution in [0.3, 0.4) is 0 Å². The van der Waals surface area contributed by atoms with E-state index in [1.54, 1.807) is 6.08 Å². The molecule has 0 spiro atoms. The highest BCUT2D eigenvalue weighted by molar-refractivity contribution is 5.76. The molecule has 1 amide bonds. The highest BCUT2D eigenvalue weighted by atomic mass is 16.3. The number of nitrogens with one attached hydrogen (secondary N) is 1. The molecule has 4 nitrogen and oxygen atoms in total. The number of carbonyl (C=O) groups excluding carboxylic acids is 1. The molecule has 0 aliphatic carbocycles. The molecule has 0 heterocycles. The average Bonchev–Trinajstić information content (AvgIpc) is 3.45. The second-order valence-corrected chi connectivity index (χ2v) is 25.4. The third-order valence-corrected chi connectivity index (χ3v) is 17.4. The topological polar surface area (TPSA) is 69.6 Å². The van der Waals surface area contributed by atoms with Gasteiger partial charge in [-0.25, -0.2) is 0 Å². The van der Waals surface area contributed by atoms with E-state index in [1.807, 2.05) is 6.08 Å². The van der Waals surface area contributed by atoms with Crippen molar-refractivity contribution in [3.8, 4) is 0 Å². The van der Waals surface area contributed by atoms with Gasteiger partial charge in [-0.3, -0.25) is 4.79 Å². The van der Waals surface area contributed by atoms with E-state index >= 15 is 0 Å². The molecular weight excluding hydrogens is 963 g/mol. The first-order valence-corrected chi connectivity index (χ1v) is 36.7. The molecule has 4 heteroatoms. The maximum atomic E-state index is 12.5. The fourth-order valence-electron chi connectivity index (χ4n) is 11.8. The second-order valence-electron chi connectivity index (χ2n) is 25.4. The average molecular weight is 1110 g/mol. The van der Waals surface area contributed by atoms with E-state index in [0.717, 1.165) is 38.5 Å². The van der Waals surface area contributed by atoms with Crippen molar-refractivity contribution >= 4 is 5.91 Å². The van der Waals surface area contributed by atoms with Crippen LogP contribution in [0.2, 0.25) is 0 Å². The lowest BCUT2D eigenvalue weighted by Gasteiger charge is -2.19. The van der Waals surface area contributed by atoms with Gasteiger partial charge < -0.3 is 15.5 Å². The minimum Gasteiger partial charge on any atom is -0.394 e. The first-order chi connectivity index (χ1) is 39.2. The van der Waals surface area contributed by atoms with Gasteiger partial charge >= 0.3 is 0 Å². The largest absolute Gasteiger partial charge is 0.394 e. The molecular formula is C75H145NO3. The predicted octanol–water partition coefficient (Wildman–Crippen LogP) is 25.1. The van der Waals surface area contributed by atoms with Crippen molar-refractivity contribution < 1.29 is 15.0 Å². The lowest BCUT2D eigenvalue weighted by molar-refractivity contribution is -0.123. The minimum atomic E-state index is -0.871. The number of hydrogen-bond donors (Lipinski definition) is 3. The normalized spacial score (nSPS) is 12.8. The number of aliphatic hydroxyl groups is 2. The van der Waals surface area contributed by atoms with Crippen LogP contribution in [0.4, 0.5) is 0 Å². The van der Waals surface area contributed by atoms with Gasteiger partial charge in [0.15, 0.2) is 0 Å². The molecule has 0 aliphatic rings. The Bertz CT molecular complexity index is 1210. The van der Waals surface area contributed by atoms with Gasteiger partial charge in [0.2, 0.25) is 5.91 Å². The number of aliphatic hydroxyl groups excluding tert-OH is 2. The fraction of sp³-hybridized carbons (Fsp3) is 0.907. The van der Waals surface area contributed by atoms with Crippen molar-refractivity contribution in [2.75, 3.05) is 6.61 Å². The molecule has 0 aliphatic heterocycles. The maximum absolute atomic E-state index is 12.5. The Morgan fingerprint density at radius 2 is 0.494 bits per heavy atom. The van der Waals surface area contributed by atoms with Gasteiger partial charge in [-0.15, -0.1) is 0 Å². The summed E-state index contributed by atoms with van der Waals surface area (Å²) < 4.78 is 0. The Balaban J connectivity index is 3.43. The summed E-state index contributed by atoms with van der Waals surface area (Å²) in [5.74, 6) is -0.0690. The molecule has 2 unspecified atom stereocenters. The quantitative estimate of drug-likeness (QED) is 0.0420. The van der Waals surface area contributed by atoms with Crippen LogP contribution in [-0.2, 0) is 4.79 Å². The molecule has 2 atom stereocenters. The summed E-state index contributed by atoms with van der Waals surface area (Å²) in [7, 11) is 0. The van der Waals surface area contributed by atoms with E-state index in [2.05, 4.69) is 43.5 Å². The van der Waals surface area contributed by atoms with E-state index in [-0.39, 0.29) is 12.5 Å². The first kappa shape index (κ1) is 77.6. The van der Waals surface area contributed by atoms with Crippen LogP contribution in [0.15, 0.2) is 36.5 Å². The Labute approximate surface area is 497 Å². The maximum Gasteiger partial charge on any atom is 0.220 e. The number of carbonyl (C=O) groups is 1. The Kier molecular flexibility index (Phi) is 69.6. The highest BCUT2D eigenvalue weighted by Crippen LogP contribution is 2.20. The molecule has 0 saturated heterocycles. The summed E-state index contributed by atoms with van der Waals surface area (Å²) in [4.78, 5) is 12.5. The fourth-order valence-corrected chi connectivity index (χ4v) is 11.8. The van der Waals surface area contributed by atoms with E-state index in [0.29, 0.717) is 6.42 Å². The molecule has 0 bridgehead atoms. The zero-order chi connectivity index (χ0) is 56.9. The van der Waals surface area contributed by atoms with Crippen LogP contribution in [0.1, 0.15) is 418 Å².